The number of benzene rings is 1. The summed E-state index contributed by atoms with van der Waals surface area (Å²) < 4.78 is 5.23. The number of nitrogens with zero attached hydrogens (tertiary/aromatic N) is 1. The van der Waals surface area contributed by atoms with E-state index in [2.05, 4.69) is 15.6 Å². The Morgan fingerprint density at radius 3 is 2.54 bits per heavy atom. The molecule has 3 rings (SSSR count). The molecule has 1 aliphatic rings. The fraction of sp³-hybridized carbons (Fsp3) is 0.368. The van der Waals surface area contributed by atoms with Gasteiger partial charge in [-0.3, -0.25) is 4.98 Å². The van der Waals surface area contributed by atoms with Gasteiger partial charge in [0.15, 0.2) is 0 Å². The Morgan fingerprint density at radius 1 is 1.17 bits per heavy atom. The zero-order chi connectivity index (χ0) is 16.8. The van der Waals surface area contributed by atoms with Crippen LogP contribution in [0, 0.1) is 0 Å². The van der Waals surface area contributed by atoms with Crippen molar-refractivity contribution in [3.63, 3.8) is 0 Å². The molecule has 0 spiro atoms. The molecular formula is C19H23N3O2. The van der Waals surface area contributed by atoms with Crippen LogP contribution < -0.4 is 15.4 Å². The molecule has 1 fully saturated rings. The lowest BCUT2D eigenvalue weighted by Crippen LogP contribution is -2.48. The molecule has 1 aromatic carbocycles. The summed E-state index contributed by atoms with van der Waals surface area (Å²) in [7, 11) is 1.66. The van der Waals surface area contributed by atoms with Crippen molar-refractivity contribution in [2.75, 3.05) is 7.11 Å². The van der Waals surface area contributed by atoms with Crippen molar-refractivity contribution in [2.45, 2.75) is 37.8 Å². The van der Waals surface area contributed by atoms with Crippen LogP contribution in [-0.4, -0.2) is 18.1 Å². The van der Waals surface area contributed by atoms with Crippen LogP contribution in [0.1, 0.15) is 36.9 Å². The molecule has 0 bridgehead atoms. The second-order valence-electron chi connectivity index (χ2n) is 6.15. The SMILES string of the molecule is COc1ccc(C2(NC(=O)NCc3ccccn3)CCCC2)cc1. The quantitative estimate of drug-likeness (QED) is 0.886. The van der Waals surface area contributed by atoms with Gasteiger partial charge in [0.05, 0.1) is 24.9 Å². The van der Waals surface area contributed by atoms with Crippen molar-refractivity contribution >= 4 is 6.03 Å². The van der Waals surface area contributed by atoms with Gasteiger partial charge in [0.25, 0.3) is 0 Å². The highest BCUT2D eigenvalue weighted by Gasteiger charge is 2.37. The number of carbonyl (C=O) groups excluding carboxylic acids is 1. The van der Waals surface area contributed by atoms with Gasteiger partial charge >= 0.3 is 6.03 Å². The van der Waals surface area contributed by atoms with Crippen molar-refractivity contribution in [3.05, 3.63) is 59.9 Å². The summed E-state index contributed by atoms with van der Waals surface area (Å²) in [4.78, 5) is 16.6. The van der Waals surface area contributed by atoms with Crippen LogP contribution in [0.15, 0.2) is 48.7 Å². The van der Waals surface area contributed by atoms with Crippen LogP contribution in [0.5, 0.6) is 5.75 Å². The summed E-state index contributed by atoms with van der Waals surface area (Å²) in [5.41, 5.74) is 1.69. The molecule has 1 aromatic heterocycles. The Hall–Kier alpha value is -2.56. The smallest absolute Gasteiger partial charge is 0.315 e. The molecule has 5 heteroatoms. The minimum Gasteiger partial charge on any atom is -0.497 e. The first-order chi connectivity index (χ1) is 11.7. The Bertz CT molecular complexity index is 665. The van der Waals surface area contributed by atoms with Gasteiger partial charge in [-0.1, -0.05) is 31.0 Å². The Kier molecular flexibility index (Phi) is 4.99. The van der Waals surface area contributed by atoms with Crippen LogP contribution in [0.2, 0.25) is 0 Å². The van der Waals surface area contributed by atoms with E-state index in [0.717, 1.165) is 42.7 Å². The van der Waals surface area contributed by atoms with Gasteiger partial charge < -0.3 is 15.4 Å². The molecule has 0 atom stereocenters. The highest BCUT2D eigenvalue weighted by molar-refractivity contribution is 5.75. The van der Waals surface area contributed by atoms with E-state index in [4.69, 9.17) is 4.74 Å². The molecule has 0 aliphatic heterocycles. The molecule has 2 aromatic rings. The first-order valence-corrected chi connectivity index (χ1v) is 8.32. The zero-order valence-electron chi connectivity index (χ0n) is 13.9. The van der Waals surface area contributed by atoms with Crippen molar-refractivity contribution in [1.82, 2.24) is 15.6 Å². The normalized spacial score (nSPS) is 15.7. The summed E-state index contributed by atoms with van der Waals surface area (Å²) in [6, 6.07) is 13.5. The third-order valence-electron chi connectivity index (χ3n) is 4.61. The fourth-order valence-corrected chi connectivity index (χ4v) is 3.31. The molecule has 0 unspecified atom stereocenters. The third-order valence-corrected chi connectivity index (χ3v) is 4.61. The van der Waals surface area contributed by atoms with E-state index in [9.17, 15) is 4.79 Å². The standard InChI is InChI=1S/C19H23N3O2/c1-24-17-9-7-15(8-10-17)19(11-3-4-12-19)22-18(23)21-14-16-6-2-5-13-20-16/h2,5-10,13H,3-4,11-12,14H2,1H3,(H2,21,22,23). The topological polar surface area (TPSA) is 63.2 Å². The molecule has 2 N–H and O–H groups in total. The molecule has 2 amide bonds. The lowest BCUT2D eigenvalue weighted by atomic mass is 9.88. The predicted octanol–water partition coefficient (Wildman–Crippen LogP) is 3.36. The zero-order valence-corrected chi connectivity index (χ0v) is 13.9. The van der Waals surface area contributed by atoms with Crippen LogP contribution in [0.3, 0.4) is 0 Å². The van der Waals surface area contributed by atoms with E-state index >= 15 is 0 Å². The molecule has 5 nitrogen and oxygen atoms in total. The van der Waals surface area contributed by atoms with E-state index in [0.29, 0.717) is 6.54 Å². The van der Waals surface area contributed by atoms with Gasteiger partial charge in [-0.2, -0.15) is 0 Å². The number of amides is 2. The Morgan fingerprint density at radius 2 is 1.92 bits per heavy atom. The highest BCUT2D eigenvalue weighted by atomic mass is 16.5. The monoisotopic (exact) mass is 325 g/mol. The average Bonchev–Trinajstić information content (AvgIpc) is 3.10. The number of rotatable bonds is 5. The first kappa shape index (κ1) is 16.3. The molecule has 24 heavy (non-hydrogen) atoms. The van der Waals surface area contributed by atoms with Gasteiger partial charge in [0.2, 0.25) is 0 Å². The molecule has 0 saturated heterocycles. The number of urea groups is 1. The number of ether oxygens (including phenoxy) is 1. The first-order valence-electron chi connectivity index (χ1n) is 8.32. The number of pyridine rings is 1. The number of carbonyl (C=O) groups is 1. The molecule has 0 radical (unpaired) electrons. The number of hydrogen-bond acceptors (Lipinski definition) is 3. The molecular weight excluding hydrogens is 302 g/mol. The molecule has 1 aliphatic carbocycles. The highest BCUT2D eigenvalue weighted by Crippen LogP contribution is 2.39. The van der Waals surface area contributed by atoms with Crippen LogP contribution in [0.25, 0.3) is 0 Å². The lowest BCUT2D eigenvalue weighted by Gasteiger charge is -2.31. The minimum atomic E-state index is -0.291. The number of nitrogens with one attached hydrogen (secondary N) is 2. The van der Waals surface area contributed by atoms with Crippen molar-refractivity contribution < 1.29 is 9.53 Å². The lowest BCUT2D eigenvalue weighted by molar-refractivity contribution is 0.224. The fourth-order valence-electron chi connectivity index (χ4n) is 3.31. The van der Waals surface area contributed by atoms with E-state index in [-0.39, 0.29) is 11.6 Å². The summed E-state index contributed by atoms with van der Waals surface area (Å²) >= 11 is 0. The van der Waals surface area contributed by atoms with Gasteiger partial charge in [-0.05, 0) is 42.7 Å². The van der Waals surface area contributed by atoms with Gasteiger partial charge in [0.1, 0.15) is 5.75 Å². The molecule has 1 heterocycles. The van der Waals surface area contributed by atoms with Crippen molar-refractivity contribution in [1.29, 1.82) is 0 Å². The maximum Gasteiger partial charge on any atom is 0.315 e. The van der Waals surface area contributed by atoms with Gasteiger partial charge in [-0.25, -0.2) is 4.79 Å². The second kappa shape index (κ2) is 7.34. The van der Waals surface area contributed by atoms with Crippen LogP contribution >= 0.6 is 0 Å². The Labute approximate surface area is 142 Å². The van der Waals surface area contributed by atoms with Gasteiger partial charge in [0, 0.05) is 6.20 Å². The number of methoxy groups -OCH3 is 1. The van der Waals surface area contributed by atoms with E-state index in [1.165, 1.54) is 0 Å². The summed E-state index contributed by atoms with van der Waals surface area (Å²) in [6.45, 7) is 0.422. The summed E-state index contributed by atoms with van der Waals surface area (Å²) in [5.74, 6) is 0.825. The van der Waals surface area contributed by atoms with Gasteiger partial charge in [-0.15, -0.1) is 0 Å². The van der Waals surface area contributed by atoms with E-state index < -0.39 is 0 Å². The summed E-state index contributed by atoms with van der Waals surface area (Å²) in [6.07, 6.45) is 5.87. The molecule has 1 saturated carbocycles. The average molecular weight is 325 g/mol. The van der Waals surface area contributed by atoms with E-state index in [1.807, 2.05) is 42.5 Å². The van der Waals surface area contributed by atoms with Crippen LogP contribution in [-0.2, 0) is 12.1 Å². The van der Waals surface area contributed by atoms with Crippen molar-refractivity contribution in [2.24, 2.45) is 0 Å². The summed E-state index contributed by atoms with van der Waals surface area (Å²) in [5, 5.41) is 6.10. The number of hydrogen-bond donors (Lipinski definition) is 2. The largest absolute Gasteiger partial charge is 0.497 e. The Balaban J connectivity index is 1.67. The van der Waals surface area contributed by atoms with E-state index in [1.54, 1.807) is 13.3 Å². The molecule has 126 valence electrons. The van der Waals surface area contributed by atoms with Crippen molar-refractivity contribution in [3.8, 4) is 5.75 Å². The second-order valence-corrected chi connectivity index (χ2v) is 6.15. The van der Waals surface area contributed by atoms with Crippen LogP contribution in [0.4, 0.5) is 4.79 Å². The maximum atomic E-state index is 12.4. The minimum absolute atomic E-state index is 0.154. The third kappa shape index (κ3) is 3.67. The maximum absolute atomic E-state index is 12.4. The number of aromatic nitrogens is 1. The predicted molar refractivity (Wildman–Crippen MR) is 92.7 cm³/mol.